The van der Waals surface area contributed by atoms with Crippen molar-refractivity contribution < 1.29 is 4.39 Å². The maximum atomic E-state index is 14.2. The second kappa shape index (κ2) is 6.86. The van der Waals surface area contributed by atoms with Gasteiger partial charge >= 0.3 is 0 Å². The number of nitrogens with one attached hydrogen (secondary N) is 1. The van der Waals surface area contributed by atoms with E-state index in [1.54, 1.807) is 6.07 Å². The highest BCUT2D eigenvalue weighted by Gasteiger charge is 2.11. The monoisotopic (exact) mass is 285 g/mol. The smallest absolute Gasteiger partial charge is 0.131 e. The molecule has 0 spiro atoms. The molecular weight excluding hydrogens is 261 g/mol. The van der Waals surface area contributed by atoms with Crippen molar-refractivity contribution >= 4 is 0 Å². The molecule has 0 aliphatic heterocycles. The minimum atomic E-state index is -0.162. The number of aryl methyl sites for hydroxylation is 2. The van der Waals surface area contributed by atoms with E-state index in [0.29, 0.717) is 5.56 Å². The quantitative estimate of drug-likeness (QED) is 0.799. The van der Waals surface area contributed by atoms with Gasteiger partial charge in [-0.2, -0.15) is 0 Å². The first kappa shape index (κ1) is 15.7. The van der Waals surface area contributed by atoms with E-state index in [1.165, 1.54) is 11.1 Å². The third-order valence-electron chi connectivity index (χ3n) is 4.01. The molecule has 1 unspecified atom stereocenters. The number of rotatable bonds is 5. The van der Waals surface area contributed by atoms with Gasteiger partial charge in [-0.1, -0.05) is 31.2 Å². The molecule has 1 N–H and O–H groups in total. The third kappa shape index (κ3) is 3.70. The Morgan fingerprint density at radius 2 is 1.81 bits per heavy atom. The van der Waals surface area contributed by atoms with E-state index in [2.05, 4.69) is 45.1 Å². The zero-order valence-electron chi connectivity index (χ0n) is 13.3. The van der Waals surface area contributed by atoms with Crippen LogP contribution >= 0.6 is 0 Å². The third-order valence-corrected chi connectivity index (χ3v) is 4.01. The fraction of sp³-hybridized carbons (Fsp3) is 0.368. The second-order valence-corrected chi connectivity index (χ2v) is 5.71. The molecule has 0 amide bonds. The molecule has 0 saturated heterocycles. The molecule has 0 aliphatic carbocycles. The molecule has 0 saturated carbocycles. The van der Waals surface area contributed by atoms with Gasteiger partial charge in [-0.15, -0.1) is 0 Å². The molecular formula is C19H24FN. The van der Waals surface area contributed by atoms with Gasteiger partial charge < -0.3 is 5.32 Å². The highest BCUT2D eigenvalue weighted by atomic mass is 19.1. The van der Waals surface area contributed by atoms with Gasteiger partial charge in [0.15, 0.2) is 0 Å². The molecule has 1 atom stereocenters. The molecule has 2 aromatic rings. The fourth-order valence-corrected chi connectivity index (χ4v) is 2.42. The van der Waals surface area contributed by atoms with Crippen molar-refractivity contribution in [3.05, 3.63) is 58.9 Å². The average Bonchev–Trinajstić information content (AvgIpc) is 2.48. The summed E-state index contributed by atoms with van der Waals surface area (Å²) in [5, 5.41) is 3.44. The molecule has 2 heteroatoms. The zero-order chi connectivity index (χ0) is 15.4. The summed E-state index contributed by atoms with van der Waals surface area (Å²) < 4.78 is 14.2. The molecule has 0 aliphatic rings. The molecule has 112 valence electrons. The van der Waals surface area contributed by atoms with E-state index in [-0.39, 0.29) is 11.9 Å². The molecule has 0 radical (unpaired) electrons. The summed E-state index contributed by atoms with van der Waals surface area (Å²) in [6.45, 7) is 9.37. The van der Waals surface area contributed by atoms with Gasteiger partial charge in [0.05, 0.1) is 0 Å². The van der Waals surface area contributed by atoms with Crippen molar-refractivity contribution in [3.63, 3.8) is 0 Å². The van der Waals surface area contributed by atoms with E-state index >= 15 is 0 Å². The number of benzene rings is 2. The molecule has 0 bridgehead atoms. The zero-order valence-corrected chi connectivity index (χ0v) is 13.3. The van der Waals surface area contributed by atoms with Crippen molar-refractivity contribution in [1.82, 2.24) is 5.32 Å². The Morgan fingerprint density at radius 1 is 1.05 bits per heavy atom. The molecule has 21 heavy (non-hydrogen) atoms. The van der Waals surface area contributed by atoms with Crippen LogP contribution in [-0.2, 0) is 0 Å². The van der Waals surface area contributed by atoms with Crippen LogP contribution in [0.15, 0.2) is 36.4 Å². The lowest BCUT2D eigenvalue weighted by Crippen LogP contribution is -2.19. The minimum absolute atomic E-state index is 0.162. The van der Waals surface area contributed by atoms with Gasteiger partial charge in [0, 0.05) is 11.6 Å². The van der Waals surface area contributed by atoms with E-state index < -0.39 is 0 Å². The normalized spacial score (nSPS) is 12.4. The summed E-state index contributed by atoms with van der Waals surface area (Å²) in [5.74, 6) is -0.162. The van der Waals surface area contributed by atoms with Crippen molar-refractivity contribution in [1.29, 1.82) is 0 Å². The second-order valence-electron chi connectivity index (χ2n) is 5.71. The summed E-state index contributed by atoms with van der Waals surface area (Å²) >= 11 is 0. The van der Waals surface area contributed by atoms with Gasteiger partial charge in [-0.25, -0.2) is 4.39 Å². The molecule has 2 rings (SSSR count). The number of hydrogen-bond acceptors (Lipinski definition) is 1. The lowest BCUT2D eigenvalue weighted by atomic mass is 9.97. The van der Waals surface area contributed by atoms with Crippen LogP contribution < -0.4 is 5.32 Å². The first-order chi connectivity index (χ1) is 10.0. The predicted octanol–water partition coefficient (Wildman–Crippen LogP) is 5.17. The Bertz CT molecular complexity index is 619. The van der Waals surface area contributed by atoms with Crippen LogP contribution in [-0.4, -0.2) is 6.54 Å². The number of hydrogen-bond donors (Lipinski definition) is 1. The van der Waals surface area contributed by atoms with E-state index in [1.807, 2.05) is 18.2 Å². The Morgan fingerprint density at radius 3 is 2.48 bits per heavy atom. The molecule has 2 aromatic carbocycles. The maximum absolute atomic E-state index is 14.2. The highest BCUT2D eigenvalue weighted by molar-refractivity contribution is 5.66. The Hall–Kier alpha value is -1.67. The Labute approximate surface area is 127 Å². The Kier molecular flexibility index (Phi) is 5.13. The standard InChI is InChI=1S/C19H24FN/c1-5-10-21-15(4)16-8-9-19(20)18(12-16)17-7-6-13(2)14(3)11-17/h6-9,11-12,15,21H,5,10H2,1-4H3. The van der Waals surface area contributed by atoms with E-state index in [4.69, 9.17) is 0 Å². The minimum Gasteiger partial charge on any atom is -0.310 e. The molecule has 1 nitrogen and oxygen atoms in total. The molecule has 0 aromatic heterocycles. The van der Waals surface area contributed by atoms with Crippen molar-refractivity contribution in [2.24, 2.45) is 0 Å². The van der Waals surface area contributed by atoms with Crippen LogP contribution in [0.2, 0.25) is 0 Å². The van der Waals surface area contributed by atoms with Crippen LogP contribution in [0.3, 0.4) is 0 Å². The largest absolute Gasteiger partial charge is 0.310 e. The topological polar surface area (TPSA) is 12.0 Å². The first-order valence-corrected chi connectivity index (χ1v) is 7.63. The van der Waals surface area contributed by atoms with Gasteiger partial charge in [0.25, 0.3) is 0 Å². The highest BCUT2D eigenvalue weighted by Crippen LogP contribution is 2.28. The SMILES string of the molecule is CCCNC(C)c1ccc(F)c(-c2ccc(C)c(C)c2)c1. The van der Waals surface area contributed by atoms with E-state index in [0.717, 1.165) is 24.1 Å². The van der Waals surface area contributed by atoms with Crippen molar-refractivity contribution in [2.75, 3.05) is 6.54 Å². The lowest BCUT2D eigenvalue weighted by Gasteiger charge is -2.16. The molecule has 0 fully saturated rings. The summed E-state index contributed by atoms with van der Waals surface area (Å²) in [5.41, 5.74) is 5.17. The Balaban J connectivity index is 2.36. The van der Waals surface area contributed by atoms with Crippen LogP contribution in [0.4, 0.5) is 4.39 Å². The van der Waals surface area contributed by atoms with Crippen LogP contribution in [0.1, 0.15) is 43.0 Å². The first-order valence-electron chi connectivity index (χ1n) is 7.63. The maximum Gasteiger partial charge on any atom is 0.131 e. The van der Waals surface area contributed by atoms with E-state index in [9.17, 15) is 4.39 Å². The van der Waals surface area contributed by atoms with Gasteiger partial charge in [0.2, 0.25) is 0 Å². The van der Waals surface area contributed by atoms with Crippen LogP contribution in [0.25, 0.3) is 11.1 Å². The van der Waals surface area contributed by atoms with Crippen molar-refractivity contribution in [2.45, 2.75) is 40.2 Å². The summed E-state index contributed by atoms with van der Waals surface area (Å²) in [7, 11) is 0. The summed E-state index contributed by atoms with van der Waals surface area (Å²) in [4.78, 5) is 0. The van der Waals surface area contributed by atoms with Gasteiger partial charge in [0.1, 0.15) is 5.82 Å². The molecule has 0 heterocycles. The summed E-state index contributed by atoms with van der Waals surface area (Å²) in [6.07, 6.45) is 1.09. The summed E-state index contributed by atoms with van der Waals surface area (Å²) in [6, 6.07) is 11.7. The lowest BCUT2D eigenvalue weighted by molar-refractivity contribution is 0.568. The van der Waals surface area contributed by atoms with Gasteiger partial charge in [-0.3, -0.25) is 0 Å². The van der Waals surface area contributed by atoms with Crippen molar-refractivity contribution in [3.8, 4) is 11.1 Å². The van der Waals surface area contributed by atoms with Crippen LogP contribution in [0, 0.1) is 19.7 Å². The predicted molar refractivity (Wildman–Crippen MR) is 88.0 cm³/mol. The number of halogens is 1. The average molecular weight is 285 g/mol. The fourth-order valence-electron chi connectivity index (χ4n) is 2.42. The van der Waals surface area contributed by atoms with Gasteiger partial charge in [-0.05, 0) is 68.1 Å². The van der Waals surface area contributed by atoms with Crippen LogP contribution in [0.5, 0.6) is 0 Å².